The Labute approximate surface area is 194 Å². The van der Waals surface area contributed by atoms with Crippen LogP contribution in [0.3, 0.4) is 0 Å². The first-order chi connectivity index (χ1) is 16.1. The first kappa shape index (κ1) is 22.5. The van der Waals surface area contributed by atoms with E-state index in [1.807, 2.05) is 0 Å². The van der Waals surface area contributed by atoms with Crippen LogP contribution in [0.1, 0.15) is 33.7 Å². The molecule has 172 valence electrons. The number of benzene rings is 1. The third kappa shape index (κ3) is 5.37. The summed E-state index contributed by atoms with van der Waals surface area (Å²) in [4.78, 5) is 39.3. The highest BCUT2D eigenvalue weighted by Crippen LogP contribution is 2.28. The van der Waals surface area contributed by atoms with Crippen LogP contribution in [0.2, 0.25) is 0 Å². The Morgan fingerprint density at radius 3 is 2.61 bits per heavy atom. The van der Waals surface area contributed by atoms with Gasteiger partial charge in [0.05, 0.1) is 25.5 Å². The van der Waals surface area contributed by atoms with Gasteiger partial charge in [0.15, 0.2) is 5.13 Å². The molecule has 3 aromatic rings. The molecule has 1 aliphatic heterocycles. The van der Waals surface area contributed by atoms with Gasteiger partial charge in [0, 0.05) is 43.7 Å². The van der Waals surface area contributed by atoms with Gasteiger partial charge in [0.25, 0.3) is 5.91 Å². The van der Waals surface area contributed by atoms with Gasteiger partial charge in [0.1, 0.15) is 17.5 Å². The maximum absolute atomic E-state index is 12.7. The highest BCUT2D eigenvalue weighted by Gasteiger charge is 2.24. The van der Waals surface area contributed by atoms with E-state index in [9.17, 15) is 9.59 Å². The van der Waals surface area contributed by atoms with Crippen molar-refractivity contribution in [2.45, 2.75) is 18.9 Å². The van der Waals surface area contributed by atoms with Crippen molar-refractivity contribution in [3.8, 4) is 11.8 Å². The third-order valence-corrected chi connectivity index (χ3v) is 6.02. The highest BCUT2D eigenvalue weighted by atomic mass is 32.1. The minimum atomic E-state index is -0.485. The number of hydrogen-bond acceptors (Lipinski definition) is 10. The van der Waals surface area contributed by atoms with Crippen molar-refractivity contribution >= 4 is 34.0 Å². The number of hydrogen-bond donors (Lipinski definition) is 1. The third-order valence-electron chi connectivity index (χ3n) is 5.12. The van der Waals surface area contributed by atoms with E-state index < -0.39 is 5.97 Å². The molecule has 1 amide bonds. The van der Waals surface area contributed by atoms with Crippen LogP contribution in [0.25, 0.3) is 0 Å². The standard InChI is InChI=1S/C22H23N5O5S/c1-30-18-12-14(20(29)31-2)4-5-16(18)25-19(28)17-13-33-22(26-17)27-10-6-15(7-11-27)32-21-23-8-3-9-24-21/h3-5,8-9,12-13,15H,6-7,10-11H2,1-2H3,(H,25,28). The summed E-state index contributed by atoms with van der Waals surface area (Å²) < 4.78 is 15.8. The molecule has 1 aromatic carbocycles. The van der Waals surface area contributed by atoms with Gasteiger partial charge in [-0.1, -0.05) is 0 Å². The van der Waals surface area contributed by atoms with E-state index in [1.165, 1.54) is 31.6 Å². The molecular weight excluding hydrogens is 446 g/mol. The lowest BCUT2D eigenvalue weighted by Crippen LogP contribution is -2.38. The van der Waals surface area contributed by atoms with E-state index >= 15 is 0 Å². The Morgan fingerprint density at radius 1 is 1.15 bits per heavy atom. The molecule has 0 bridgehead atoms. The molecule has 2 aromatic heterocycles. The summed E-state index contributed by atoms with van der Waals surface area (Å²) in [6.07, 6.45) is 4.98. The molecule has 0 aliphatic carbocycles. The number of esters is 1. The van der Waals surface area contributed by atoms with Gasteiger partial charge in [-0.05, 0) is 24.3 Å². The molecule has 33 heavy (non-hydrogen) atoms. The second kappa shape index (κ2) is 10.3. The van der Waals surface area contributed by atoms with Crippen LogP contribution < -0.4 is 19.7 Å². The van der Waals surface area contributed by atoms with Gasteiger partial charge in [0.2, 0.25) is 0 Å². The Balaban J connectivity index is 1.36. The predicted molar refractivity (Wildman–Crippen MR) is 122 cm³/mol. The van der Waals surface area contributed by atoms with E-state index in [2.05, 4.69) is 25.2 Å². The zero-order valence-electron chi connectivity index (χ0n) is 18.2. The number of aromatic nitrogens is 3. The van der Waals surface area contributed by atoms with Crippen molar-refractivity contribution in [1.82, 2.24) is 15.0 Å². The summed E-state index contributed by atoms with van der Waals surface area (Å²) >= 11 is 1.42. The van der Waals surface area contributed by atoms with Crippen LogP contribution in [-0.2, 0) is 4.74 Å². The van der Waals surface area contributed by atoms with Crippen LogP contribution in [0.5, 0.6) is 11.8 Å². The van der Waals surface area contributed by atoms with Gasteiger partial charge < -0.3 is 24.4 Å². The number of rotatable bonds is 7. The lowest BCUT2D eigenvalue weighted by molar-refractivity contribution is 0.0600. The minimum Gasteiger partial charge on any atom is -0.495 e. The predicted octanol–water partition coefficient (Wildman–Crippen LogP) is 3.03. The molecule has 10 nitrogen and oxygen atoms in total. The van der Waals surface area contributed by atoms with E-state index in [-0.39, 0.29) is 12.0 Å². The number of thiazole rings is 1. The number of carbonyl (C=O) groups is 2. The van der Waals surface area contributed by atoms with Crippen LogP contribution in [0.15, 0.2) is 42.0 Å². The molecule has 0 unspecified atom stereocenters. The smallest absolute Gasteiger partial charge is 0.337 e. The molecule has 0 saturated carbocycles. The number of amides is 1. The molecule has 11 heteroatoms. The van der Waals surface area contributed by atoms with Gasteiger partial charge in [-0.2, -0.15) is 0 Å². The van der Waals surface area contributed by atoms with Crippen LogP contribution in [-0.4, -0.2) is 60.2 Å². The van der Waals surface area contributed by atoms with Crippen molar-refractivity contribution in [1.29, 1.82) is 0 Å². The number of carbonyl (C=O) groups excluding carboxylic acids is 2. The van der Waals surface area contributed by atoms with Gasteiger partial charge in [-0.25, -0.2) is 19.7 Å². The number of ether oxygens (including phenoxy) is 3. The summed E-state index contributed by atoms with van der Waals surface area (Å²) in [7, 11) is 2.77. The fourth-order valence-electron chi connectivity index (χ4n) is 3.40. The Kier molecular flexibility index (Phi) is 6.98. The minimum absolute atomic E-state index is 0.0480. The zero-order valence-corrected chi connectivity index (χ0v) is 19.0. The summed E-state index contributed by atoms with van der Waals surface area (Å²) in [5, 5.41) is 5.29. The lowest BCUT2D eigenvalue weighted by atomic mass is 10.1. The quantitative estimate of drug-likeness (QED) is 0.521. The van der Waals surface area contributed by atoms with Crippen molar-refractivity contribution in [2.75, 3.05) is 37.5 Å². The normalized spacial score (nSPS) is 13.9. The molecule has 1 fully saturated rings. The van der Waals surface area contributed by atoms with E-state index in [4.69, 9.17) is 14.2 Å². The van der Waals surface area contributed by atoms with Crippen molar-refractivity contribution in [3.63, 3.8) is 0 Å². The van der Waals surface area contributed by atoms with Crippen molar-refractivity contribution in [2.24, 2.45) is 0 Å². The summed E-state index contributed by atoms with van der Waals surface area (Å²) in [5.74, 6) is -0.493. The number of methoxy groups -OCH3 is 2. The average Bonchev–Trinajstić information content (AvgIpc) is 3.35. The number of anilines is 2. The Hall–Kier alpha value is -3.73. The first-order valence-electron chi connectivity index (χ1n) is 10.3. The first-order valence-corrected chi connectivity index (χ1v) is 11.2. The fraction of sp³-hybridized carbons (Fsp3) is 0.318. The molecule has 1 aliphatic rings. The Morgan fingerprint density at radius 2 is 1.91 bits per heavy atom. The monoisotopic (exact) mass is 469 g/mol. The van der Waals surface area contributed by atoms with Gasteiger partial charge in [-0.15, -0.1) is 11.3 Å². The van der Waals surface area contributed by atoms with Crippen LogP contribution >= 0.6 is 11.3 Å². The fourth-order valence-corrected chi connectivity index (χ4v) is 4.26. The molecule has 0 radical (unpaired) electrons. The van der Waals surface area contributed by atoms with Crippen molar-refractivity contribution in [3.05, 3.63) is 53.3 Å². The molecule has 3 heterocycles. The maximum Gasteiger partial charge on any atom is 0.337 e. The van der Waals surface area contributed by atoms with Gasteiger partial charge in [-0.3, -0.25) is 4.79 Å². The van der Waals surface area contributed by atoms with Crippen LogP contribution in [0, 0.1) is 0 Å². The largest absolute Gasteiger partial charge is 0.495 e. The SMILES string of the molecule is COC(=O)c1ccc(NC(=O)c2csc(N3CCC(Oc4ncccn4)CC3)n2)c(OC)c1. The van der Waals surface area contributed by atoms with E-state index in [1.54, 1.807) is 36.0 Å². The topological polar surface area (TPSA) is 116 Å². The summed E-state index contributed by atoms with van der Waals surface area (Å²) in [6.45, 7) is 1.52. The second-order valence-electron chi connectivity index (χ2n) is 7.21. The summed E-state index contributed by atoms with van der Waals surface area (Å²) in [5.41, 5.74) is 1.07. The lowest BCUT2D eigenvalue weighted by Gasteiger charge is -2.31. The second-order valence-corrected chi connectivity index (χ2v) is 8.05. The molecule has 4 rings (SSSR count). The molecular formula is C22H23N5O5S. The highest BCUT2D eigenvalue weighted by molar-refractivity contribution is 7.14. The van der Waals surface area contributed by atoms with Crippen molar-refractivity contribution < 1.29 is 23.8 Å². The maximum atomic E-state index is 12.7. The molecule has 1 saturated heterocycles. The molecule has 0 atom stereocenters. The molecule has 0 spiro atoms. The Bertz CT molecular complexity index is 1120. The van der Waals surface area contributed by atoms with Gasteiger partial charge >= 0.3 is 12.0 Å². The van der Waals surface area contributed by atoms with E-state index in [0.717, 1.165) is 31.1 Å². The summed E-state index contributed by atoms with van der Waals surface area (Å²) in [6, 6.07) is 6.81. The average molecular weight is 470 g/mol. The molecule has 1 N–H and O–H groups in total. The zero-order chi connectivity index (χ0) is 23.2. The number of nitrogens with zero attached hydrogens (tertiary/aromatic N) is 4. The number of nitrogens with one attached hydrogen (secondary N) is 1. The van der Waals surface area contributed by atoms with Crippen LogP contribution in [0.4, 0.5) is 10.8 Å². The number of piperidine rings is 1. The van der Waals surface area contributed by atoms with E-state index in [0.29, 0.717) is 28.7 Å².